The summed E-state index contributed by atoms with van der Waals surface area (Å²) in [5, 5.41) is 0. The minimum absolute atomic E-state index is 0.120. The second-order valence-electron chi connectivity index (χ2n) is 14.0. The molecule has 0 saturated carbocycles. The van der Waals surface area contributed by atoms with Crippen LogP contribution in [0.5, 0.6) is 0 Å². The Labute approximate surface area is 340 Å². The van der Waals surface area contributed by atoms with Crippen molar-refractivity contribution in [2.45, 2.75) is 32.5 Å². The molecule has 0 N–H and O–H groups in total. The second-order valence-corrected chi connectivity index (χ2v) is 14.0. The van der Waals surface area contributed by atoms with Gasteiger partial charge in [0.15, 0.2) is 46.5 Å². The third-order valence-electron chi connectivity index (χ3n) is 9.95. The highest BCUT2D eigenvalue weighted by Gasteiger charge is 2.36. The van der Waals surface area contributed by atoms with Crippen molar-refractivity contribution in [2.24, 2.45) is 0 Å². The van der Waals surface area contributed by atoms with E-state index in [2.05, 4.69) is 23.7 Å². The highest BCUT2D eigenvalue weighted by molar-refractivity contribution is 5.93. The fourth-order valence-corrected chi connectivity index (χ4v) is 6.70. The number of fused-ring (bicyclic) bond motifs is 3. The monoisotopic (exact) mass is 842 g/mol. The summed E-state index contributed by atoms with van der Waals surface area (Å²) in [6, 6.07) is 22.7. The molecule has 6 aromatic rings. The van der Waals surface area contributed by atoms with E-state index in [1.807, 2.05) is 38.1 Å². The molecule has 0 heterocycles. The number of hydrogen-bond donors (Lipinski definition) is 0. The predicted octanol–water partition coefficient (Wildman–Crippen LogP) is 10.9. The van der Waals surface area contributed by atoms with Crippen LogP contribution in [0.25, 0.3) is 11.1 Å². The highest BCUT2D eigenvalue weighted by Crippen LogP contribution is 2.49. The van der Waals surface area contributed by atoms with Crippen molar-refractivity contribution in [2.75, 3.05) is 0 Å². The van der Waals surface area contributed by atoms with E-state index in [0.29, 0.717) is 11.1 Å². The molecule has 0 unspecified atom stereocenters. The first kappa shape index (κ1) is 41.8. The van der Waals surface area contributed by atoms with Crippen molar-refractivity contribution in [3.63, 3.8) is 0 Å². The molecule has 14 heteroatoms. The number of carbonyl (C=O) groups excluding carboxylic acids is 2. The largest absolute Gasteiger partial charge is 0.457 e. The normalized spacial score (nSPS) is 12.1. The molecule has 0 amide bonds. The van der Waals surface area contributed by atoms with Crippen LogP contribution in [0.3, 0.4) is 0 Å². The van der Waals surface area contributed by atoms with Crippen LogP contribution >= 0.6 is 0 Å². The Bertz CT molecular complexity index is 2710. The van der Waals surface area contributed by atoms with Crippen LogP contribution in [-0.4, -0.2) is 11.9 Å². The zero-order chi connectivity index (χ0) is 43.9. The van der Waals surface area contributed by atoms with Gasteiger partial charge in [-0.3, -0.25) is 0 Å². The van der Waals surface area contributed by atoms with Gasteiger partial charge in [0, 0.05) is 27.7 Å². The summed E-state index contributed by atoms with van der Waals surface area (Å²) in [4.78, 5) is 25.8. The Kier molecular flexibility index (Phi) is 11.2. The summed E-state index contributed by atoms with van der Waals surface area (Å²) >= 11 is 0. The van der Waals surface area contributed by atoms with Crippen LogP contribution in [0.15, 0.2) is 84.9 Å². The van der Waals surface area contributed by atoms with Crippen molar-refractivity contribution in [3.8, 4) is 34.8 Å². The summed E-state index contributed by atoms with van der Waals surface area (Å²) in [6.07, 6.45) is 0. The van der Waals surface area contributed by atoms with E-state index < -0.39 is 99.9 Å². The Morgan fingerprint density at radius 2 is 0.787 bits per heavy atom. The SMILES string of the molecule is CC1(C)c2cc(C#Cc3ccccc3C(=O)OCc3c(F)c(F)c(F)c(F)c3F)ccc2-c2ccc(C#Cc3ccccc3C(=O)OCc3c(F)c(F)c(F)c(F)c3F)cc21. The van der Waals surface area contributed by atoms with Gasteiger partial charge in [-0.05, 0) is 70.8 Å². The van der Waals surface area contributed by atoms with Crippen molar-refractivity contribution in [3.05, 3.63) is 199 Å². The van der Waals surface area contributed by atoms with Crippen molar-refractivity contribution in [1.29, 1.82) is 0 Å². The Morgan fingerprint density at radius 1 is 0.459 bits per heavy atom. The maximum Gasteiger partial charge on any atom is 0.339 e. The quantitative estimate of drug-likeness (QED) is 0.0551. The van der Waals surface area contributed by atoms with Gasteiger partial charge >= 0.3 is 11.9 Å². The minimum Gasteiger partial charge on any atom is -0.457 e. The first-order valence-corrected chi connectivity index (χ1v) is 17.9. The summed E-state index contributed by atoms with van der Waals surface area (Å²) in [5.74, 6) is -12.3. The number of benzene rings is 6. The fourth-order valence-electron chi connectivity index (χ4n) is 6.70. The zero-order valence-electron chi connectivity index (χ0n) is 31.4. The summed E-state index contributed by atoms with van der Waals surface area (Å²) in [5.41, 5.74) is 1.59. The molecule has 0 fully saturated rings. The molecule has 0 aromatic heterocycles. The molecule has 0 saturated heterocycles. The van der Waals surface area contributed by atoms with Crippen LogP contribution in [0.1, 0.15) is 79.1 Å². The lowest BCUT2D eigenvalue weighted by Crippen LogP contribution is -2.15. The van der Waals surface area contributed by atoms with Crippen LogP contribution in [0.2, 0.25) is 0 Å². The van der Waals surface area contributed by atoms with Gasteiger partial charge in [-0.1, -0.05) is 73.9 Å². The third kappa shape index (κ3) is 7.69. The lowest BCUT2D eigenvalue weighted by Gasteiger charge is -2.21. The molecule has 0 radical (unpaired) electrons. The molecule has 61 heavy (non-hydrogen) atoms. The number of rotatable bonds is 6. The molecule has 4 nitrogen and oxygen atoms in total. The Morgan fingerprint density at radius 3 is 1.15 bits per heavy atom. The second kappa shape index (κ2) is 16.4. The van der Waals surface area contributed by atoms with Gasteiger partial charge in [0.2, 0.25) is 11.6 Å². The van der Waals surface area contributed by atoms with Gasteiger partial charge in [0.25, 0.3) is 0 Å². The lowest BCUT2D eigenvalue weighted by atomic mass is 9.81. The molecule has 7 rings (SSSR count). The lowest BCUT2D eigenvalue weighted by molar-refractivity contribution is 0.0452. The number of carbonyl (C=O) groups is 2. The highest BCUT2D eigenvalue weighted by atomic mass is 19.2. The molecule has 0 bridgehead atoms. The maximum absolute atomic E-state index is 14.1. The molecule has 0 aliphatic heterocycles. The smallest absolute Gasteiger partial charge is 0.339 e. The first-order chi connectivity index (χ1) is 29.0. The van der Waals surface area contributed by atoms with Crippen LogP contribution in [0.4, 0.5) is 43.9 Å². The van der Waals surface area contributed by atoms with Crippen molar-refractivity contribution < 1.29 is 63.0 Å². The van der Waals surface area contributed by atoms with E-state index in [9.17, 15) is 53.5 Å². The molecule has 6 aromatic carbocycles. The van der Waals surface area contributed by atoms with Gasteiger partial charge < -0.3 is 9.47 Å². The number of hydrogen-bond acceptors (Lipinski definition) is 4. The van der Waals surface area contributed by atoms with E-state index >= 15 is 0 Å². The van der Waals surface area contributed by atoms with Crippen LogP contribution < -0.4 is 0 Å². The Balaban J connectivity index is 1.09. The van der Waals surface area contributed by atoms with Gasteiger partial charge in [-0.2, -0.15) is 0 Å². The van der Waals surface area contributed by atoms with E-state index in [1.54, 1.807) is 24.3 Å². The summed E-state index contributed by atoms with van der Waals surface area (Å²) < 4.78 is 148. The molecule has 1 aliphatic carbocycles. The van der Waals surface area contributed by atoms with E-state index in [4.69, 9.17) is 9.47 Å². The average Bonchev–Trinajstić information content (AvgIpc) is 3.49. The molecule has 0 spiro atoms. The van der Waals surface area contributed by atoms with E-state index in [0.717, 1.165) is 22.3 Å². The number of esters is 2. The molecular formula is C47H24F10O4. The predicted molar refractivity (Wildman–Crippen MR) is 200 cm³/mol. The van der Waals surface area contributed by atoms with Crippen molar-refractivity contribution in [1.82, 2.24) is 0 Å². The average molecular weight is 843 g/mol. The van der Waals surface area contributed by atoms with Gasteiger partial charge in [0.1, 0.15) is 13.2 Å². The summed E-state index contributed by atoms with van der Waals surface area (Å²) in [6.45, 7) is 1.50. The zero-order valence-corrected chi connectivity index (χ0v) is 31.4. The van der Waals surface area contributed by atoms with Crippen LogP contribution in [-0.2, 0) is 28.1 Å². The minimum atomic E-state index is -2.34. The summed E-state index contributed by atoms with van der Waals surface area (Å²) in [7, 11) is 0. The topological polar surface area (TPSA) is 52.6 Å². The number of halogens is 10. The molecule has 306 valence electrons. The van der Waals surface area contributed by atoms with Gasteiger partial charge in [0.05, 0.1) is 22.3 Å². The number of ether oxygens (including phenoxy) is 2. The maximum atomic E-state index is 14.1. The van der Waals surface area contributed by atoms with E-state index in [1.165, 1.54) is 36.4 Å². The van der Waals surface area contributed by atoms with E-state index in [-0.39, 0.29) is 22.3 Å². The fraction of sp³-hybridized carbons (Fsp3) is 0.106. The van der Waals surface area contributed by atoms with Crippen LogP contribution in [0, 0.1) is 81.9 Å². The molecule has 0 atom stereocenters. The van der Waals surface area contributed by atoms with Crippen molar-refractivity contribution >= 4 is 11.9 Å². The first-order valence-electron chi connectivity index (χ1n) is 17.9. The third-order valence-corrected chi connectivity index (χ3v) is 9.95. The Hall–Kier alpha value is -7.32. The van der Waals surface area contributed by atoms with Gasteiger partial charge in [-0.15, -0.1) is 0 Å². The molecular weight excluding hydrogens is 818 g/mol. The van der Waals surface area contributed by atoms with Gasteiger partial charge in [-0.25, -0.2) is 53.5 Å². The standard InChI is InChI=1S/C47H24F10O4/c1-47(2)33-19-23(11-15-25-7-3-5-9-27(25)45(58)60-21-31-35(48)39(52)43(56)40(53)36(31)49)13-17-29(33)30-18-14-24(20-34(30)47)12-16-26-8-4-6-10-28(26)46(59)61-22-32-37(50)41(54)44(57)42(55)38(32)51/h3-10,13-14,17-20H,21-22H2,1-2H3. The molecule has 1 aliphatic rings.